The summed E-state index contributed by atoms with van der Waals surface area (Å²) in [5, 5.41) is 11.8. The van der Waals surface area contributed by atoms with Gasteiger partial charge in [-0.05, 0) is 47.7 Å². The largest absolute Gasteiger partial charge is 0.465 e. The lowest BCUT2D eigenvalue weighted by atomic mass is 9.89. The molecule has 0 spiro atoms. The SMILES string of the molecule is CC(=O)N1c2ccc(-c3ccc(CN)cc3)cc2C(NC(=O)O)CC1C. The van der Waals surface area contributed by atoms with Crippen LogP contribution in [0.4, 0.5) is 10.5 Å². The Balaban J connectivity index is 2.07. The summed E-state index contributed by atoms with van der Waals surface area (Å²) in [5.41, 5.74) is 10.3. The van der Waals surface area contributed by atoms with Crippen molar-refractivity contribution < 1.29 is 14.7 Å². The van der Waals surface area contributed by atoms with Crippen molar-refractivity contribution in [3.63, 3.8) is 0 Å². The first-order valence-electron chi connectivity index (χ1n) is 8.63. The van der Waals surface area contributed by atoms with Gasteiger partial charge >= 0.3 is 6.09 Å². The molecule has 2 amide bonds. The zero-order valence-corrected chi connectivity index (χ0v) is 14.9. The summed E-state index contributed by atoms with van der Waals surface area (Å²) in [4.78, 5) is 25.1. The van der Waals surface area contributed by atoms with E-state index in [-0.39, 0.29) is 18.0 Å². The second-order valence-corrected chi connectivity index (χ2v) is 6.65. The second kappa shape index (κ2) is 7.17. The Kier molecular flexibility index (Phi) is 4.95. The van der Waals surface area contributed by atoms with E-state index in [1.54, 1.807) is 4.90 Å². The van der Waals surface area contributed by atoms with E-state index in [0.717, 1.165) is 27.9 Å². The van der Waals surface area contributed by atoms with Crippen LogP contribution in [0.5, 0.6) is 0 Å². The highest BCUT2D eigenvalue weighted by Gasteiger charge is 2.33. The number of hydrogen-bond acceptors (Lipinski definition) is 3. The van der Waals surface area contributed by atoms with Crippen LogP contribution < -0.4 is 16.0 Å². The van der Waals surface area contributed by atoms with E-state index >= 15 is 0 Å². The lowest BCUT2D eigenvalue weighted by Gasteiger charge is -2.39. The monoisotopic (exact) mass is 353 g/mol. The number of amides is 2. The molecule has 0 fully saturated rings. The van der Waals surface area contributed by atoms with Gasteiger partial charge in [-0.15, -0.1) is 0 Å². The maximum atomic E-state index is 12.1. The van der Waals surface area contributed by atoms with E-state index < -0.39 is 6.09 Å². The third-order valence-corrected chi connectivity index (χ3v) is 4.84. The van der Waals surface area contributed by atoms with Crippen LogP contribution in [0.2, 0.25) is 0 Å². The van der Waals surface area contributed by atoms with Crippen LogP contribution in [0.15, 0.2) is 42.5 Å². The van der Waals surface area contributed by atoms with Crippen LogP contribution in [-0.2, 0) is 11.3 Å². The minimum absolute atomic E-state index is 0.0485. The average Bonchev–Trinajstić information content (AvgIpc) is 2.60. The van der Waals surface area contributed by atoms with Crippen LogP contribution in [0.3, 0.4) is 0 Å². The smallest absolute Gasteiger partial charge is 0.405 e. The number of rotatable bonds is 3. The van der Waals surface area contributed by atoms with Crippen molar-refractivity contribution in [2.24, 2.45) is 5.73 Å². The number of carboxylic acid groups (broad SMARTS) is 1. The van der Waals surface area contributed by atoms with Gasteiger partial charge in [0.25, 0.3) is 0 Å². The minimum Gasteiger partial charge on any atom is -0.465 e. The van der Waals surface area contributed by atoms with Crippen LogP contribution in [0, 0.1) is 0 Å². The highest BCUT2D eigenvalue weighted by molar-refractivity contribution is 5.94. The lowest BCUT2D eigenvalue weighted by Crippen LogP contribution is -2.45. The molecule has 6 heteroatoms. The predicted molar refractivity (Wildman–Crippen MR) is 101 cm³/mol. The maximum Gasteiger partial charge on any atom is 0.405 e. The summed E-state index contributed by atoms with van der Waals surface area (Å²) in [6.45, 7) is 3.95. The molecule has 0 radical (unpaired) electrons. The van der Waals surface area contributed by atoms with Gasteiger partial charge in [-0.1, -0.05) is 30.3 Å². The van der Waals surface area contributed by atoms with Gasteiger partial charge < -0.3 is 21.1 Å². The first kappa shape index (κ1) is 17.9. The fourth-order valence-corrected chi connectivity index (χ4v) is 3.64. The van der Waals surface area contributed by atoms with Gasteiger partial charge in [-0.25, -0.2) is 4.79 Å². The fourth-order valence-electron chi connectivity index (χ4n) is 3.64. The van der Waals surface area contributed by atoms with Gasteiger partial charge in [-0.3, -0.25) is 4.79 Å². The summed E-state index contributed by atoms with van der Waals surface area (Å²) in [6, 6.07) is 13.3. The summed E-state index contributed by atoms with van der Waals surface area (Å²) >= 11 is 0. The maximum absolute atomic E-state index is 12.1. The van der Waals surface area contributed by atoms with Crippen molar-refractivity contribution in [3.8, 4) is 11.1 Å². The number of nitrogens with two attached hydrogens (primary N) is 1. The highest BCUT2D eigenvalue weighted by atomic mass is 16.4. The Morgan fingerprint density at radius 3 is 2.42 bits per heavy atom. The minimum atomic E-state index is -1.07. The molecule has 3 rings (SSSR count). The van der Waals surface area contributed by atoms with Gasteiger partial charge in [-0.2, -0.15) is 0 Å². The molecule has 1 aliphatic rings. The van der Waals surface area contributed by atoms with E-state index in [1.807, 2.05) is 49.4 Å². The predicted octanol–water partition coefficient (Wildman–Crippen LogP) is 3.27. The van der Waals surface area contributed by atoms with Gasteiger partial charge in [0.1, 0.15) is 0 Å². The molecule has 0 aromatic heterocycles. The van der Waals surface area contributed by atoms with E-state index in [2.05, 4.69) is 5.32 Å². The van der Waals surface area contributed by atoms with Crippen molar-refractivity contribution in [2.75, 3.05) is 4.90 Å². The first-order chi connectivity index (χ1) is 12.4. The van der Waals surface area contributed by atoms with Gasteiger partial charge in [0.2, 0.25) is 5.91 Å². The standard InChI is InChI=1S/C20H23N3O3/c1-12-9-18(22-20(25)26)17-10-16(7-8-19(17)23(12)13(2)24)15-5-3-14(11-21)4-6-15/h3-8,10,12,18,22H,9,11,21H2,1-2H3,(H,25,26). The van der Waals surface area contributed by atoms with Crippen molar-refractivity contribution in [1.82, 2.24) is 5.32 Å². The molecule has 0 saturated carbocycles. The van der Waals surface area contributed by atoms with Gasteiger partial charge in [0, 0.05) is 25.2 Å². The molecule has 0 aliphatic carbocycles. The third-order valence-electron chi connectivity index (χ3n) is 4.84. The zero-order valence-electron chi connectivity index (χ0n) is 14.9. The Morgan fingerprint density at radius 2 is 1.85 bits per heavy atom. The normalized spacial score (nSPS) is 19.0. The fraction of sp³-hybridized carbons (Fsp3) is 0.300. The van der Waals surface area contributed by atoms with E-state index in [4.69, 9.17) is 5.73 Å². The number of carbonyl (C=O) groups excluding carboxylic acids is 1. The molecule has 26 heavy (non-hydrogen) atoms. The summed E-state index contributed by atoms with van der Waals surface area (Å²) in [6.07, 6.45) is -0.531. The Bertz CT molecular complexity index is 833. The Hall–Kier alpha value is -2.86. The van der Waals surface area contributed by atoms with E-state index in [1.165, 1.54) is 6.92 Å². The highest BCUT2D eigenvalue weighted by Crippen LogP contribution is 2.39. The zero-order chi connectivity index (χ0) is 18.8. The first-order valence-corrected chi connectivity index (χ1v) is 8.63. The third kappa shape index (κ3) is 3.41. The molecule has 2 aromatic carbocycles. The molecule has 136 valence electrons. The molecule has 1 heterocycles. The molecule has 6 nitrogen and oxygen atoms in total. The van der Waals surface area contributed by atoms with Crippen LogP contribution >= 0.6 is 0 Å². The Morgan fingerprint density at radius 1 is 1.19 bits per heavy atom. The van der Waals surface area contributed by atoms with Crippen molar-refractivity contribution in [2.45, 2.75) is 38.9 Å². The summed E-state index contributed by atoms with van der Waals surface area (Å²) in [5.74, 6) is -0.0485. The number of nitrogens with one attached hydrogen (secondary N) is 1. The lowest BCUT2D eigenvalue weighted by molar-refractivity contribution is -0.117. The Labute approximate surface area is 152 Å². The molecule has 2 atom stereocenters. The van der Waals surface area contributed by atoms with Crippen molar-refractivity contribution in [1.29, 1.82) is 0 Å². The van der Waals surface area contributed by atoms with Gasteiger partial charge in [0.05, 0.1) is 6.04 Å². The van der Waals surface area contributed by atoms with Crippen LogP contribution in [0.25, 0.3) is 11.1 Å². The molecule has 2 unspecified atom stereocenters. The van der Waals surface area contributed by atoms with E-state index in [9.17, 15) is 14.7 Å². The molecular weight excluding hydrogens is 330 g/mol. The number of nitrogens with zero attached hydrogens (tertiary/aromatic N) is 1. The number of anilines is 1. The summed E-state index contributed by atoms with van der Waals surface area (Å²) < 4.78 is 0. The summed E-state index contributed by atoms with van der Waals surface area (Å²) in [7, 11) is 0. The van der Waals surface area contributed by atoms with Crippen LogP contribution in [-0.4, -0.2) is 23.1 Å². The molecular formula is C20H23N3O3. The number of carbonyl (C=O) groups is 2. The van der Waals surface area contributed by atoms with E-state index in [0.29, 0.717) is 13.0 Å². The van der Waals surface area contributed by atoms with Crippen molar-refractivity contribution >= 4 is 17.7 Å². The molecule has 0 bridgehead atoms. The van der Waals surface area contributed by atoms with Crippen LogP contribution in [0.1, 0.15) is 37.4 Å². The number of fused-ring (bicyclic) bond motifs is 1. The van der Waals surface area contributed by atoms with Gasteiger partial charge in [0.15, 0.2) is 0 Å². The molecule has 1 aliphatic heterocycles. The quantitative estimate of drug-likeness (QED) is 0.789. The molecule has 0 saturated heterocycles. The number of hydrogen-bond donors (Lipinski definition) is 3. The molecule has 4 N–H and O–H groups in total. The molecule has 2 aromatic rings. The van der Waals surface area contributed by atoms with Crippen molar-refractivity contribution in [3.05, 3.63) is 53.6 Å². The number of benzene rings is 2. The topological polar surface area (TPSA) is 95.7 Å². The average molecular weight is 353 g/mol. The second-order valence-electron chi connectivity index (χ2n) is 6.65.